The van der Waals surface area contributed by atoms with Gasteiger partial charge in [0.25, 0.3) is 0 Å². The molecule has 0 radical (unpaired) electrons. The first-order valence-corrected chi connectivity index (χ1v) is 7.10. The molecular formula is C14H26N4. The summed E-state index contributed by atoms with van der Waals surface area (Å²) >= 11 is 0. The van der Waals surface area contributed by atoms with Gasteiger partial charge in [-0.3, -0.25) is 5.10 Å². The van der Waals surface area contributed by atoms with E-state index in [2.05, 4.69) is 41.2 Å². The average molecular weight is 250 g/mol. The highest BCUT2D eigenvalue weighted by Gasteiger charge is 2.14. The molecule has 0 saturated carbocycles. The van der Waals surface area contributed by atoms with Crippen molar-refractivity contribution < 1.29 is 0 Å². The Morgan fingerprint density at radius 1 is 1.33 bits per heavy atom. The fourth-order valence-electron chi connectivity index (χ4n) is 2.57. The van der Waals surface area contributed by atoms with Crippen LogP contribution >= 0.6 is 0 Å². The minimum Gasteiger partial charge on any atom is -0.311 e. The number of nitrogens with one attached hydrogen (secondary N) is 2. The third-order valence-electron chi connectivity index (χ3n) is 4.06. The van der Waals surface area contributed by atoms with Gasteiger partial charge in [-0.25, -0.2) is 0 Å². The fourth-order valence-corrected chi connectivity index (χ4v) is 2.57. The number of nitrogens with zero attached hydrogens (tertiary/aromatic N) is 2. The van der Waals surface area contributed by atoms with Crippen LogP contribution in [0, 0.1) is 19.8 Å². The summed E-state index contributed by atoms with van der Waals surface area (Å²) in [7, 11) is 0. The van der Waals surface area contributed by atoms with Crippen LogP contribution in [0.25, 0.3) is 0 Å². The van der Waals surface area contributed by atoms with E-state index in [0.29, 0.717) is 0 Å². The lowest BCUT2D eigenvalue weighted by atomic mass is 9.99. The van der Waals surface area contributed by atoms with E-state index in [4.69, 9.17) is 0 Å². The topological polar surface area (TPSA) is 44.0 Å². The molecule has 4 nitrogen and oxygen atoms in total. The highest BCUT2D eigenvalue weighted by atomic mass is 15.1. The number of hydrogen-bond acceptors (Lipinski definition) is 3. The molecule has 4 heteroatoms. The molecule has 2 rings (SSSR count). The van der Waals surface area contributed by atoms with Crippen molar-refractivity contribution >= 4 is 0 Å². The number of aromatic nitrogens is 2. The largest absolute Gasteiger partial charge is 0.311 e. The highest BCUT2D eigenvalue weighted by molar-refractivity contribution is 5.22. The summed E-state index contributed by atoms with van der Waals surface area (Å²) in [6.07, 6.45) is 2.72. The zero-order valence-electron chi connectivity index (χ0n) is 11.9. The molecular weight excluding hydrogens is 224 g/mol. The van der Waals surface area contributed by atoms with Crippen LogP contribution in [0.4, 0.5) is 0 Å². The monoisotopic (exact) mass is 250 g/mol. The number of likely N-dealkylation sites (tertiary alicyclic amines) is 1. The maximum atomic E-state index is 4.22. The molecule has 1 aliphatic rings. The van der Waals surface area contributed by atoms with Crippen LogP contribution in [0.1, 0.15) is 36.7 Å². The lowest BCUT2D eigenvalue weighted by Gasteiger charge is -2.30. The Morgan fingerprint density at radius 2 is 2.06 bits per heavy atom. The van der Waals surface area contributed by atoms with Crippen LogP contribution in [0.3, 0.4) is 0 Å². The third kappa shape index (κ3) is 3.56. The second-order valence-corrected chi connectivity index (χ2v) is 5.61. The van der Waals surface area contributed by atoms with Gasteiger partial charge < -0.3 is 10.2 Å². The van der Waals surface area contributed by atoms with Gasteiger partial charge in [0.05, 0.1) is 5.69 Å². The molecule has 0 atom stereocenters. The molecule has 0 aliphatic carbocycles. The number of hydrogen-bond donors (Lipinski definition) is 2. The van der Waals surface area contributed by atoms with Gasteiger partial charge in [-0.15, -0.1) is 0 Å². The smallest absolute Gasteiger partial charge is 0.0638 e. The zero-order chi connectivity index (χ0) is 13.0. The van der Waals surface area contributed by atoms with Gasteiger partial charge in [-0.2, -0.15) is 5.10 Å². The molecule has 0 spiro atoms. The van der Waals surface area contributed by atoms with E-state index in [1.54, 1.807) is 0 Å². The number of H-pyrrole nitrogens is 1. The Morgan fingerprint density at radius 3 is 2.67 bits per heavy atom. The molecule has 1 aromatic rings. The summed E-state index contributed by atoms with van der Waals surface area (Å²) in [5.41, 5.74) is 3.63. The van der Waals surface area contributed by atoms with Crippen LogP contribution in [-0.2, 0) is 6.54 Å². The second-order valence-electron chi connectivity index (χ2n) is 5.61. The van der Waals surface area contributed by atoms with Crippen LogP contribution in [0.5, 0.6) is 0 Å². The van der Waals surface area contributed by atoms with Crippen LogP contribution in [-0.4, -0.2) is 41.3 Å². The zero-order valence-corrected chi connectivity index (χ0v) is 11.9. The Hall–Kier alpha value is -0.870. The molecule has 2 heterocycles. The maximum absolute atomic E-state index is 4.22. The minimum absolute atomic E-state index is 0.922. The summed E-state index contributed by atoms with van der Waals surface area (Å²) in [6.45, 7) is 12.2. The van der Waals surface area contributed by atoms with Crippen LogP contribution in [0.2, 0.25) is 0 Å². The van der Waals surface area contributed by atoms with E-state index in [1.165, 1.54) is 43.7 Å². The Balaban J connectivity index is 1.64. The van der Waals surface area contributed by atoms with Crippen molar-refractivity contribution in [1.82, 2.24) is 20.4 Å². The number of piperidine rings is 1. The van der Waals surface area contributed by atoms with E-state index in [0.717, 1.165) is 24.7 Å². The SMILES string of the molecule is Cc1n[nH]c(C)c1CNCCN1CCC(C)CC1. The first kappa shape index (κ1) is 13.6. The molecule has 0 aromatic carbocycles. The molecule has 0 amide bonds. The molecule has 0 bridgehead atoms. The number of rotatable bonds is 5. The summed E-state index contributed by atoms with van der Waals surface area (Å²) in [4.78, 5) is 2.57. The fraction of sp³-hybridized carbons (Fsp3) is 0.786. The molecule has 1 saturated heterocycles. The molecule has 0 unspecified atom stereocenters. The van der Waals surface area contributed by atoms with E-state index in [1.807, 2.05) is 0 Å². The Kier molecular flexibility index (Phi) is 4.78. The van der Waals surface area contributed by atoms with Crippen LogP contribution in [0.15, 0.2) is 0 Å². The average Bonchev–Trinajstić information content (AvgIpc) is 2.68. The summed E-state index contributed by atoms with van der Waals surface area (Å²) in [5, 5.41) is 10.8. The first-order valence-electron chi connectivity index (χ1n) is 7.10. The number of aromatic amines is 1. The predicted octanol–water partition coefficient (Wildman–Crippen LogP) is 1.85. The lowest BCUT2D eigenvalue weighted by Crippen LogP contribution is -2.37. The third-order valence-corrected chi connectivity index (χ3v) is 4.06. The van der Waals surface area contributed by atoms with Gasteiger partial charge >= 0.3 is 0 Å². The van der Waals surface area contributed by atoms with Crippen molar-refractivity contribution in [3.63, 3.8) is 0 Å². The van der Waals surface area contributed by atoms with Crippen molar-refractivity contribution in [1.29, 1.82) is 0 Å². The summed E-state index contributed by atoms with van der Waals surface area (Å²) in [5.74, 6) is 0.922. The van der Waals surface area contributed by atoms with E-state index in [-0.39, 0.29) is 0 Å². The van der Waals surface area contributed by atoms with Gasteiger partial charge in [0, 0.05) is 30.9 Å². The minimum atomic E-state index is 0.922. The normalized spacial score (nSPS) is 18.4. The molecule has 1 fully saturated rings. The van der Waals surface area contributed by atoms with Crippen LogP contribution < -0.4 is 5.32 Å². The van der Waals surface area contributed by atoms with Crippen molar-refractivity contribution in [2.75, 3.05) is 26.2 Å². The van der Waals surface area contributed by atoms with Crippen molar-refractivity contribution in [2.24, 2.45) is 5.92 Å². The first-order chi connectivity index (χ1) is 8.66. The molecule has 1 aromatic heterocycles. The van der Waals surface area contributed by atoms with Gasteiger partial charge in [0.2, 0.25) is 0 Å². The molecule has 2 N–H and O–H groups in total. The van der Waals surface area contributed by atoms with Gasteiger partial charge in [-0.1, -0.05) is 6.92 Å². The molecule has 18 heavy (non-hydrogen) atoms. The van der Waals surface area contributed by atoms with Crippen molar-refractivity contribution in [3.8, 4) is 0 Å². The van der Waals surface area contributed by atoms with Crippen molar-refractivity contribution in [2.45, 2.75) is 40.2 Å². The number of aryl methyl sites for hydroxylation is 2. The van der Waals surface area contributed by atoms with Gasteiger partial charge in [0.15, 0.2) is 0 Å². The quantitative estimate of drug-likeness (QED) is 0.784. The van der Waals surface area contributed by atoms with E-state index >= 15 is 0 Å². The Labute approximate surface area is 110 Å². The highest BCUT2D eigenvalue weighted by Crippen LogP contribution is 2.15. The molecule has 1 aliphatic heterocycles. The summed E-state index contributed by atoms with van der Waals surface area (Å²) in [6, 6.07) is 0. The predicted molar refractivity (Wildman–Crippen MR) is 74.6 cm³/mol. The van der Waals surface area contributed by atoms with Gasteiger partial charge in [0.1, 0.15) is 0 Å². The van der Waals surface area contributed by atoms with Crippen molar-refractivity contribution in [3.05, 3.63) is 17.0 Å². The summed E-state index contributed by atoms with van der Waals surface area (Å²) < 4.78 is 0. The Bertz CT molecular complexity index is 344. The second kappa shape index (κ2) is 6.34. The maximum Gasteiger partial charge on any atom is 0.0638 e. The van der Waals surface area contributed by atoms with Gasteiger partial charge in [-0.05, 0) is 45.7 Å². The lowest BCUT2D eigenvalue weighted by molar-refractivity contribution is 0.193. The van der Waals surface area contributed by atoms with E-state index in [9.17, 15) is 0 Å². The molecule has 102 valence electrons. The standard InChI is InChI=1S/C14H26N4/c1-11-4-7-18(8-5-11)9-6-15-10-14-12(2)16-17-13(14)3/h11,15H,4-10H2,1-3H3,(H,16,17). The van der Waals surface area contributed by atoms with E-state index < -0.39 is 0 Å².